The van der Waals surface area contributed by atoms with E-state index < -0.39 is 26.2 Å². The van der Waals surface area contributed by atoms with Gasteiger partial charge in [-0.1, -0.05) is 189 Å². The fourth-order valence-corrected chi connectivity index (χ4v) is 7.49. The van der Waals surface area contributed by atoms with Gasteiger partial charge in [-0.05, 0) is 40.3 Å². The summed E-state index contributed by atoms with van der Waals surface area (Å²) in [5, 5.41) is 7.89. The Bertz CT molecular complexity index is 1710. The summed E-state index contributed by atoms with van der Waals surface area (Å²) in [5.74, 6) is -0.935. The minimum atomic E-state index is -3.95. The van der Waals surface area contributed by atoms with Crippen LogP contribution in [0.15, 0.2) is 194 Å². The van der Waals surface area contributed by atoms with Crippen LogP contribution in [-0.4, -0.2) is 15.3 Å². The fourth-order valence-electron chi connectivity index (χ4n) is 5.65. The van der Waals surface area contributed by atoms with E-state index in [0.29, 0.717) is 0 Å². The molecule has 0 heterocycles. The molecule has 0 radical (unpaired) electrons. The molecule has 0 aliphatic heterocycles. The third-order valence-corrected chi connectivity index (χ3v) is 9.22. The largest absolute Gasteiger partial charge is 0.478 e. The molecule has 49 heavy (non-hydrogen) atoms. The van der Waals surface area contributed by atoms with Crippen molar-refractivity contribution in [1.29, 1.82) is 0 Å². The minimum absolute atomic E-state index is 0.176. The van der Waals surface area contributed by atoms with Crippen LogP contribution in [0.1, 0.15) is 40.3 Å². The Morgan fingerprint density at radius 2 is 0.673 bits per heavy atom. The van der Waals surface area contributed by atoms with Gasteiger partial charge in [0.2, 0.25) is 0 Å². The monoisotopic (exact) mass is 684 g/mol. The van der Waals surface area contributed by atoms with Gasteiger partial charge in [0.05, 0.1) is 0 Å². The molecule has 1 N–H and O–H groups in total. The maximum absolute atomic E-state index is 15.0. The molecule has 0 aliphatic rings. The standard InChI is InChI=1S/C38H30O3S2.C4H6O2/c39-43(42,40-37(31-19-7-1-8-20-31,32-21-9-2-10-22-32)33-23-11-3-12-24-33)41-38(34-25-13-4-14-26-34,35-27-15-5-16-28-35)36-29-17-6-18-30-36;1-3(2)4(5)6/h1-30H;1H2,2H3,(H,5,6). The summed E-state index contributed by atoms with van der Waals surface area (Å²) < 4.78 is 28.7. The first-order chi connectivity index (χ1) is 23.7. The van der Waals surface area contributed by atoms with Crippen molar-refractivity contribution >= 4 is 26.2 Å². The van der Waals surface area contributed by atoms with Crippen LogP contribution in [0.25, 0.3) is 0 Å². The number of carboxylic acid groups (broad SMARTS) is 1. The lowest BCUT2D eigenvalue weighted by Crippen LogP contribution is -2.40. The molecule has 0 atom stereocenters. The van der Waals surface area contributed by atoms with Gasteiger partial charge in [-0.3, -0.25) is 0 Å². The van der Waals surface area contributed by atoms with E-state index in [1.165, 1.54) is 6.92 Å². The van der Waals surface area contributed by atoms with Crippen LogP contribution >= 0.6 is 0 Å². The topological polar surface area (TPSA) is 72.8 Å². The first-order valence-corrected chi connectivity index (χ1v) is 17.9. The normalized spacial score (nSPS) is 11.5. The smallest absolute Gasteiger partial charge is 0.330 e. The molecule has 0 aliphatic carbocycles. The van der Waals surface area contributed by atoms with Crippen molar-refractivity contribution in [3.05, 3.63) is 228 Å². The first kappa shape index (κ1) is 35.1. The predicted octanol–water partition coefficient (Wildman–Crippen LogP) is 9.23. The van der Waals surface area contributed by atoms with Gasteiger partial charge in [-0.15, -0.1) is 0 Å². The number of carboxylic acids is 1. The summed E-state index contributed by atoms with van der Waals surface area (Å²) in [6, 6.07) is 58.4. The quantitative estimate of drug-likeness (QED) is 0.108. The lowest BCUT2D eigenvalue weighted by molar-refractivity contribution is -0.132. The highest BCUT2D eigenvalue weighted by atomic mass is 32.9. The second-order valence-corrected chi connectivity index (χ2v) is 13.6. The van der Waals surface area contributed by atoms with Crippen molar-refractivity contribution in [1.82, 2.24) is 0 Å². The third-order valence-electron chi connectivity index (χ3n) is 7.90. The number of carbonyl (C=O) groups is 1. The van der Waals surface area contributed by atoms with Crippen LogP contribution < -0.4 is 0 Å². The molecule has 6 aromatic rings. The number of hydrogen-bond acceptors (Lipinski definition) is 5. The van der Waals surface area contributed by atoms with Gasteiger partial charge in [0.15, 0.2) is 11.2 Å². The van der Waals surface area contributed by atoms with E-state index in [0.717, 1.165) is 33.4 Å². The van der Waals surface area contributed by atoms with Crippen molar-refractivity contribution < 1.29 is 22.5 Å². The van der Waals surface area contributed by atoms with Crippen LogP contribution in [0.3, 0.4) is 0 Å². The van der Waals surface area contributed by atoms with Crippen LogP contribution in [0.4, 0.5) is 0 Å². The molecule has 0 aromatic heterocycles. The van der Waals surface area contributed by atoms with Crippen LogP contribution in [-0.2, 0) is 44.6 Å². The maximum Gasteiger partial charge on any atom is 0.330 e. The molecule has 6 aromatic carbocycles. The molecule has 6 rings (SSSR count). The minimum Gasteiger partial charge on any atom is -0.478 e. The summed E-state index contributed by atoms with van der Waals surface area (Å²) in [4.78, 5) is 9.60. The van der Waals surface area contributed by atoms with Crippen LogP contribution in [0.5, 0.6) is 0 Å². The van der Waals surface area contributed by atoms with Crippen molar-refractivity contribution in [2.45, 2.75) is 18.1 Å². The van der Waals surface area contributed by atoms with Gasteiger partial charge < -0.3 is 5.11 Å². The van der Waals surface area contributed by atoms with E-state index in [9.17, 15) is 4.79 Å². The zero-order valence-electron chi connectivity index (χ0n) is 26.9. The van der Waals surface area contributed by atoms with E-state index in [4.69, 9.17) is 24.7 Å². The predicted molar refractivity (Wildman–Crippen MR) is 199 cm³/mol. The Morgan fingerprint density at radius 1 is 0.510 bits per heavy atom. The number of rotatable bonds is 11. The highest BCUT2D eigenvalue weighted by Crippen LogP contribution is 2.46. The van der Waals surface area contributed by atoms with Crippen molar-refractivity contribution in [2.75, 3.05) is 0 Å². The number of benzene rings is 6. The van der Waals surface area contributed by atoms with Crippen LogP contribution in [0.2, 0.25) is 0 Å². The molecular weight excluding hydrogens is 649 g/mol. The molecule has 0 unspecified atom stereocenters. The Morgan fingerprint density at radius 3 is 0.816 bits per heavy atom. The molecule has 7 heteroatoms. The van der Waals surface area contributed by atoms with Gasteiger partial charge in [0.25, 0.3) is 9.05 Å². The first-order valence-electron chi connectivity index (χ1n) is 15.6. The molecule has 5 nitrogen and oxygen atoms in total. The van der Waals surface area contributed by atoms with E-state index in [-0.39, 0.29) is 5.57 Å². The highest BCUT2D eigenvalue weighted by Gasteiger charge is 2.46. The summed E-state index contributed by atoms with van der Waals surface area (Å²) in [7, 11) is -3.95. The van der Waals surface area contributed by atoms with Gasteiger partial charge >= 0.3 is 5.97 Å². The molecule has 0 bridgehead atoms. The number of aliphatic carboxylic acids is 1. The second-order valence-electron chi connectivity index (χ2n) is 11.2. The fraction of sp³-hybridized carbons (Fsp3) is 0.0714. The molecule has 0 fully saturated rings. The Hall–Kier alpha value is -5.18. The summed E-state index contributed by atoms with van der Waals surface area (Å²) in [6.45, 7) is 4.60. The van der Waals surface area contributed by atoms with Crippen molar-refractivity contribution in [3.8, 4) is 0 Å². The molecule has 0 spiro atoms. The second kappa shape index (κ2) is 15.8. The Balaban J connectivity index is 0.000000717. The van der Waals surface area contributed by atoms with Gasteiger partial charge in [-0.25, -0.2) is 13.2 Å². The van der Waals surface area contributed by atoms with E-state index in [1.54, 1.807) is 0 Å². The lowest BCUT2D eigenvalue weighted by Gasteiger charge is -2.39. The van der Waals surface area contributed by atoms with E-state index in [1.807, 2.05) is 182 Å². The summed E-state index contributed by atoms with van der Waals surface area (Å²) in [5.41, 5.74) is 2.16. The Kier molecular flexibility index (Phi) is 11.3. The van der Waals surface area contributed by atoms with Crippen molar-refractivity contribution in [2.24, 2.45) is 0 Å². The zero-order valence-corrected chi connectivity index (χ0v) is 28.6. The average Bonchev–Trinajstić information content (AvgIpc) is 3.15. The van der Waals surface area contributed by atoms with Gasteiger partial charge in [0, 0.05) is 16.8 Å². The van der Waals surface area contributed by atoms with Gasteiger partial charge in [-0.2, -0.15) is 4.21 Å². The van der Waals surface area contributed by atoms with E-state index >= 15 is 4.21 Å². The van der Waals surface area contributed by atoms with E-state index in [2.05, 4.69) is 6.58 Å². The summed E-state index contributed by atoms with van der Waals surface area (Å²) >= 11 is 5.92. The highest BCUT2D eigenvalue weighted by molar-refractivity contribution is 8.27. The lowest BCUT2D eigenvalue weighted by atomic mass is 9.80. The van der Waals surface area contributed by atoms with Crippen molar-refractivity contribution in [3.63, 3.8) is 0 Å². The third kappa shape index (κ3) is 7.94. The molecular formula is C42H36O5S2. The average molecular weight is 685 g/mol. The van der Waals surface area contributed by atoms with Crippen LogP contribution in [0, 0.1) is 0 Å². The zero-order chi connectivity index (χ0) is 34.7. The molecule has 0 saturated heterocycles. The number of hydrogen-bond donors (Lipinski definition) is 1. The Labute approximate surface area is 293 Å². The maximum atomic E-state index is 15.0. The molecule has 0 amide bonds. The van der Waals surface area contributed by atoms with Gasteiger partial charge in [0.1, 0.15) is 0 Å². The molecule has 246 valence electrons. The SMILES string of the molecule is C=C(C)C(=O)O.O=S(=S)(OC(c1ccccc1)(c1ccccc1)c1ccccc1)OC(c1ccccc1)(c1ccccc1)c1ccccc1. The molecule has 0 saturated carbocycles. The summed E-state index contributed by atoms with van der Waals surface area (Å²) in [6.07, 6.45) is 0.